The summed E-state index contributed by atoms with van der Waals surface area (Å²) in [4.78, 5) is 15.0. The predicted octanol–water partition coefficient (Wildman–Crippen LogP) is 4.23. The minimum absolute atomic E-state index is 0.0181. The van der Waals surface area contributed by atoms with E-state index in [0.29, 0.717) is 5.56 Å². The number of benzene rings is 2. The van der Waals surface area contributed by atoms with Gasteiger partial charge < -0.3 is 5.32 Å². The van der Waals surface area contributed by atoms with Crippen LogP contribution < -0.4 is 5.32 Å². The minimum atomic E-state index is 0.0181. The second-order valence-corrected chi connectivity index (χ2v) is 7.14. The van der Waals surface area contributed by atoms with Crippen LogP contribution in [0.1, 0.15) is 54.1 Å². The fraction of sp³-hybridized carbons (Fsp3) is 0.375. The van der Waals surface area contributed by atoms with Crippen molar-refractivity contribution in [2.75, 3.05) is 13.1 Å². The SMILES string of the molecule is CCCC#Cc1ccc(C(=O)NC2CCN(Cc3ccccc3)CC2)cc1. The van der Waals surface area contributed by atoms with Gasteiger partial charge in [-0.25, -0.2) is 0 Å². The van der Waals surface area contributed by atoms with Crippen molar-refractivity contribution >= 4 is 5.91 Å². The molecule has 3 rings (SSSR count). The van der Waals surface area contributed by atoms with Gasteiger partial charge >= 0.3 is 0 Å². The Hall–Kier alpha value is -2.57. The maximum atomic E-state index is 12.5. The van der Waals surface area contributed by atoms with Crippen LogP contribution in [0, 0.1) is 11.8 Å². The second kappa shape index (κ2) is 9.94. The van der Waals surface area contributed by atoms with Crippen LogP contribution in [0.5, 0.6) is 0 Å². The zero-order valence-electron chi connectivity index (χ0n) is 16.1. The normalized spacial score (nSPS) is 15.0. The smallest absolute Gasteiger partial charge is 0.251 e. The lowest BCUT2D eigenvalue weighted by atomic mass is 10.0. The molecule has 0 saturated carbocycles. The number of hydrogen-bond donors (Lipinski definition) is 1. The molecule has 0 radical (unpaired) electrons. The Kier molecular flexibility index (Phi) is 7.07. The molecule has 1 amide bonds. The third-order valence-electron chi connectivity index (χ3n) is 4.93. The van der Waals surface area contributed by atoms with Gasteiger partial charge in [0.05, 0.1) is 0 Å². The molecular formula is C24H28N2O. The summed E-state index contributed by atoms with van der Waals surface area (Å²) in [6.07, 6.45) is 3.97. The number of piperidine rings is 1. The van der Waals surface area contributed by atoms with Crippen molar-refractivity contribution < 1.29 is 4.79 Å². The van der Waals surface area contributed by atoms with Crippen molar-refractivity contribution in [1.29, 1.82) is 0 Å². The highest BCUT2D eigenvalue weighted by Gasteiger charge is 2.21. The molecule has 2 aromatic carbocycles. The molecule has 0 spiro atoms. The molecule has 1 aliphatic heterocycles. The average Bonchev–Trinajstić information content (AvgIpc) is 2.71. The summed E-state index contributed by atoms with van der Waals surface area (Å²) in [5.74, 6) is 6.28. The van der Waals surface area contributed by atoms with Crippen molar-refractivity contribution in [3.8, 4) is 11.8 Å². The van der Waals surface area contributed by atoms with Gasteiger partial charge in [-0.05, 0) is 49.1 Å². The molecule has 1 N–H and O–H groups in total. The van der Waals surface area contributed by atoms with E-state index in [1.165, 1.54) is 5.56 Å². The van der Waals surface area contributed by atoms with Crippen molar-refractivity contribution in [3.63, 3.8) is 0 Å². The van der Waals surface area contributed by atoms with E-state index >= 15 is 0 Å². The van der Waals surface area contributed by atoms with Gasteiger partial charge in [-0.1, -0.05) is 49.1 Å². The van der Waals surface area contributed by atoms with Gasteiger partial charge in [-0.2, -0.15) is 0 Å². The summed E-state index contributed by atoms with van der Waals surface area (Å²) in [6, 6.07) is 18.4. The fourth-order valence-electron chi connectivity index (χ4n) is 3.34. The first-order valence-corrected chi connectivity index (χ1v) is 9.90. The summed E-state index contributed by atoms with van der Waals surface area (Å²) in [5, 5.41) is 3.19. The van der Waals surface area contributed by atoms with E-state index in [2.05, 4.69) is 59.3 Å². The number of rotatable bonds is 5. The minimum Gasteiger partial charge on any atom is -0.349 e. The van der Waals surface area contributed by atoms with Gasteiger partial charge in [0.25, 0.3) is 5.91 Å². The van der Waals surface area contributed by atoms with Crippen molar-refractivity contribution in [2.24, 2.45) is 0 Å². The standard InChI is InChI=1S/C24H28N2O/c1-2-3-5-8-20-11-13-22(14-12-20)24(27)25-23-15-17-26(18-16-23)19-21-9-6-4-7-10-21/h4,6-7,9-14,23H,2-3,15-19H2,1H3,(H,25,27). The van der Waals surface area contributed by atoms with Crippen LogP contribution in [0.4, 0.5) is 0 Å². The third-order valence-corrected chi connectivity index (χ3v) is 4.93. The summed E-state index contributed by atoms with van der Waals surface area (Å²) >= 11 is 0. The predicted molar refractivity (Wildman–Crippen MR) is 110 cm³/mol. The highest BCUT2D eigenvalue weighted by atomic mass is 16.1. The highest BCUT2D eigenvalue weighted by molar-refractivity contribution is 5.94. The lowest BCUT2D eigenvalue weighted by Crippen LogP contribution is -2.44. The van der Waals surface area contributed by atoms with Crippen LogP contribution in [-0.2, 0) is 6.54 Å². The first-order chi connectivity index (χ1) is 13.2. The third kappa shape index (κ3) is 5.98. The molecule has 27 heavy (non-hydrogen) atoms. The maximum absolute atomic E-state index is 12.5. The Balaban J connectivity index is 1.46. The zero-order valence-corrected chi connectivity index (χ0v) is 16.1. The van der Waals surface area contributed by atoms with Crippen molar-refractivity contribution in [3.05, 3.63) is 71.3 Å². The molecule has 1 fully saturated rings. The van der Waals surface area contributed by atoms with Gasteiger partial charge in [0.2, 0.25) is 0 Å². The lowest BCUT2D eigenvalue weighted by molar-refractivity contribution is 0.0909. The van der Waals surface area contributed by atoms with Crippen LogP contribution in [0.2, 0.25) is 0 Å². The average molecular weight is 361 g/mol. The lowest BCUT2D eigenvalue weighted by Gasteiger charge is -2.32. The van der Waals surface area contributed by atoms with Crippen LogP contribution in [0.15, 0.2) is 54.6 Å². The van der Waals surface area contributed by atoms with Crippen LogP contribution >= 0.6 is 0 Å². The number of carbonyl (C=O) groups excluding carboxylic acids is 1. The molecule has 2 aromatic rings. The van der Waals surface area contributed by atoms with E-state index in [4.69, 9.17) is 0 Å². The zero-order chi connectivity index (χ0) is 18.9. The highest BCUT2D eigenvalue weighted by Crippen LogP contribution is 2.14. The maximum Gasteiger partial charge on any atom is 0.251 e. The van der Waals surface area contributed by atoms with Crippen molar-refractivity contribution in [2.45, 2.75) is 45.2 Å². The van der Waals surface area contributed by atoms with Gasteiger partial charge in [-0.3, -0.25) is 9.69 Å². The quantitative estimate of drug-likeness (QED) is 0.809. The Morgan fingerprint density at radius 3 is 2.44 bits per heavy atom. The van der Waals surface area contributed by atoms with E-state index in [-0.39, 0.29) is 11.9 Å². The number of unbranched alkanes of at least 4 members (excludes halogenated alkanes) is 1. The summed E-state index contributed by atoms with van der Waals surface area (Å²) < 4.78 is 0. The number of nitrogens with zero attached hydrogens (tertiary/aromatic N) is 1. The summed E-state index contributed by atoms with van der Waals surface area (Å²) in [7, 11) is 0. The van der Waals surface area contributed by atoms with Gasteiger partial charge in [0.1, 0.15) is 0 Å². The molecule has 3 nitrogen and oxygen atoms in total. The van der Waals surface area contributed by atoms with E-state index in [1.807, 2.05) is 24.3 Å². The Morgan fingerprint density at radius 1 is 1.07 bits per heavy atom. The Bertz CT molecular complexity index is 779. The molecule has 3 heteroatoms. The molecule has 1 aliphatic rings. The number of hydrogen-bond acceptors (Lipinski definition) is 2. The molecule has 0 atom stereocenters. The molecule has 140 valence electrons. The number of nitrogens with one attached hydrogen (secondary N) is 1. The number of likely N-dealkylation sites (tertiary alicyclic amines) is 1. The number of amides is 1. The number of carbonyl (C=O) groups is 1. The van der Waals surface area contributed by atoms with E-state index in [1.54, 1.807) is 0 Å². The molecule has 0 unspecified atom stereocenters. The van der Waals surface area contributed by atoms with Gasteiger partial charge in [0.15, 0.2) is 0 Å². The van der Waals surface area contributed by atoms with Crippen LogP contribution in [0.25, 0.3) is 0 Å². The monoisotopic (exact) mass is 360 g/mol. The van der Waals surface area contributed by atoms with Crippen molar-refractivity contribution in [1.82, 2.24) is 10.2 Å². The van der Waals surface area contributed by atoms with Crippen LogP contribution in [0.3, 0.4) is 0 Å². The van der Waals surface area contributed by atoms with E-state index in [0.717, 1.165) is 50.9 Å². The Morgan fingerprint density at radius 2 is 1.78 bits per heavy atom. The van der Waals surface area contributed by atoms with E-state index < -0.39 is 0 Å². The molecule has 0 bridgehead atoms. The second-order valence-electron chi connectivity index (χ2n) is 7.14. The molecule has 0 aromatic heterocycles. The molecule has 1 heterocycles. The topological polar surface area (TPSA) is 32.3 Å². The molecule has 1 saturated heterocycles. The summed E-state index contributed by atoms with van der Waals surface area (Å²) in [5.41, 5.74) is 3.03. The first-order valence-electron chi connectivity index (χ1n) is 9.90. The van der Waals surface area contributed by atoms with Gasteiger partial charge in [-0.15, -0.1) is 0 Å². The van der Waals surface area contributed by atoms with E-state index in [9.17, 15) is 4.79 Å². The van der Waals surface area contributed by atoms with Gasteiger partial charge in [0, 0.05) is 43.2 Å². The largest absolute Gasteiger partial charge is 0.349 e. The first kappa shape index (κ1) is 19.2. The Labute approximate surface area is 162 Å². The molecular weight excluding hydrogens is 332 g/mol. The van der Waals surface area contributed by atoms with Crippen LogP contribution in [-0.4, -0.2) is 29.9 Å². The fourth-order valence-corrected chi connectivity index (χ4v) is 3.34. The molecule has 0 aliphatic carbocycles. The summed E-state index contributed by atoms with van der Waals surface area (Å²) in [6.45, 7) is 5.15.